The number of hydrogen-bond acceptors (Lipinski definition) is 2. The Hall–Kier alpha value is -2.39. The first-order valence-electron chi connectivity index (χ1n) is 7.88. The summed E-state index contributed by atoms with van der Waals surface area (Å²) in [6.07, 6.45) is 1.82. The molecule has 1 aromatic heterocycles. The van der Waals surface area contributed by atoms with Crippen LogP contribution in [0.3, 0.4) is 0 Å². The van der Waals surface area contributed by atoms with Crippen LogP contribution in [0.15, 0.2) is 48.7 Å². The molecule has 0 unspecified atom stereocenters. The number of carbonyl (C=O) groups excluding carboxylic acids is 1. The van der Waals surface area contributed by atoms with Crippen LogP contribution in [-0.2, 0) is 6.54 Å². The number of carbonyl (C=O) groups is 1. The zero-order valence-corrected chi connectivity index (χ0v) is 13.9. The first-order valence-corrected chi connectivity index (χ1v) is 7.88. The van der Waals surface area contributed by atoms with Crippen LogP contribution in [0.2, 0.25) is 0 Å². The van der Waals surface area contributed by atoms with Crippen molar-refractivity contribution in [3.8, 4) is 0 Å². The summed E-state index contributed by atoms with van der Waals surface area (Å²) in [6, 6.07) is 14.4. The second-order valence-corrected chi connectivity index (χ2v) is 6.27. The van der Waals surface area contributed by atoms with Gasteiger partial charge in [-0.15, -0.1) is 0 Å². The molecule has 23 heavy (non-hydrogen) atoms. The van der Waals surface area contributed by atoms with E-state index in [2.05, 4.69) is 41.9 Å². The van der Waals surface area contributed by atoms with Gasteiger partial charge in [-0.1, -0.05) is 42.0 Å². The summed E-state index contributed by atoms with van der Waals surface area (Å²) in [5.74, 6) is 0.148. The number of aromatic amines is 1. The summed E-state index contributed by atoms with van der Waals surface area (Å²) >= 11 is 0. The zero-order valence-electron chi connectivity index (χ0n) is 13.9. The zero-order chi connectivity index (χ0) is 16.4. The highest BCUT2D eigenvalue weighted by molar-refractivity contribution is 6.08. The van der Waals surface area contributed by atoms with Crippen molar-refractivity contribution in [2.45, 2.75) is 20.4 Å². The third-order valence-electron chi connectivity index (χ3n) is 4.24. The molecule has 0 aliphatic rings. The maximum absolute atomic E-state index is 12.6. The van der Waals surface area contributed by atoms with Crippen LogP contribution in [0.4, 0.5) is 0 Å². The van der Waals surface area contributed by atoms with Gasteiger partial charge in [0.15, 0.2) is 5.78 Å². The molecule has 118 valence electrons. The predicted molar refractivity (Wildman–Crippen MR) is 94.9 cm³/mol. The number of ketones is 1. The summed E-state index contributed by atoms with van der Waals surface area (Å²) in [5, 5.41) is 0.998. The molecule has 0 atom stereocenters. The summed E-state index contributed by atoms with van der Waals surface area (Å²) in [6.45, 7) is 5.41. The van der Waals surface area contributed by atoms with Gasteiger partial charge in [-0.25, -0.2) is 0 Å². The van der Waals surface area contributed by atoms with Gasteiger partial charge in [0, 0.05) is 29.2 Å². The number of aromatic nitrogens is 1. The molecule has 3 rings (SSSR count). The molecule has 1 heterocycles. The van der Waals surface area contributed by atoms with Crippen LogP contribution < -0.4 is 0 Å². The van der Waals surface area contributed by atoms with Gasteiger partial charge in [0.05, 0.1) is 6.54 Å². The smallest absolute Gasteiger partial charge is 0.178 e. The maximum Gasteiger partial charge on any atom is 0.178 e. The fourth-order valence-electron chi connectivity index (χ4n) is 3.00. The Bertz CT molecular complexity index is 848. The molecule has 1 N–H and O–H groups in total. The predicted octanol–water partition coefficient (Wildman–Crippen LogP) is 4.10. The third-order valence-corrected chi connectivity index (χ3v) is 4.24. The number of para-hydroxylation sites is 1. The van der Waals surface area contributed by atoms with Crippen molar-refractivity contribution >= 4 is 16.7 Å². The Morgan fingerprint density at radius 2 is 1.91 bits per heavy atom. The molecule has 0 spiro atoms. The first kappa shape index (κ1) is 15.5. The second-order valence-electron chi connectivity index (χ2n) is 6.27. The lowest BCUT2D eigenvalue weighted by Gasteiger charge is -2.17. The van der Waals surface area contributed by atoms with E-state index in [1.54, 1.807) is 0 Å². The molecular weight excluding hydrogens is 284 g/mol. The number of H-pyrrole nitrogens is 1. The molecule has 3 heteroatoms. The lowest BCUT2D eigenvalue weighted by molar-refractivity contribution is 0.0944. The van der Waals surface area contributed by atoms with Crippen molar-refractivity contribution < 1.29 is 4.79 Å². The highest BCUT2D eigenvalue weighted by Crippen LogP contribution is 2.19. The van der Waals surface area contributed by atoms with Crippen LogP contribution in [-0.4, -0.2) is 29.3 Å². The number of nitrogens with zero attached hydrogens (tertiary/aromatic N) is 1. The quantitative estimate of drug-likeness (QED) is 0.720. The molecule has 0 fully saturated rings. The minimum absolute atomic E-state index is 0.148. The van der Waals surface area contributed by atoms with Crippen LogP contribution >= 0.6 is 0 Å². The third kappa shape index (κ3) is 3.35. The number of hydrogen-bond donors (Lipinski definition) is 1. The van der Waals surface area contributed by atoms with Gasteiger partial charge in [-0.2, -0.15) is 0 Å². The monoisotopic (exact) mass is 306 g/mol. The molecule has 2 aromatic carbocycles. The van der Waals surface area contributed by atoms with E-state index < -0.39 is 0 Å². The average molecular weight is 306 g/mol. The van der Waals surface area contributed by atoms with Crippen LogP contribution in [0, 0.1) is 13.8 Å². The van der Waals surface area contributed by atoms with Gasteiger partial charge in [-0.05, 0) is 38.1 Å². The van der Waals surface area contributed by atoms with Gasteiger partial charge >= 0.3 is 0 Å². The molecule has 0 aliphatic heterocycles. The number of likely N-dealkylation sites (N-methyl/N-ethyl adjacent to an activating group) is 1. The fourth-order valence-corrected chi connectivity index (χ4v) is 3.00. The van der Waals surface area contributed by atoms with Crippen molar-refractivity contribution in [3.63, 3.8) is 0 Å². The highest BCUT2D eigenvalue weighted by atomic mass is 16.1. The Labute approximate surface area is 136 Å². The largest absolute Gasteiger partial charge is 0.360 e. The minimum Gasteiger partial charge on any atom is -0.360 e. The molecule has 0 aliphatic carbocycles. The second kappa shape index (κ2) is 6.39. The highest BCUT2D eigenvalue weighted by Gasteiger charge is 2.14. The minimum atomic E-state index is 0.148. The molecule has 0 saturated carbocycles. The van der Waals surface area contributed by atoms with Gasteiger partial charge in [0.2, 0.25) is 0 Å². The molecule has 3 nitrogen and oxygen atoms in total. The normalized spacial score (nSPS) is 11.3. The number of fused-ring (bicyclic) bond motifs is 1. The van der Waals surface area contributed by atoms with Crippen LogP contribution in [0.25, 0.3) is 10.9 Å². The Balaban J connectivity index is 1.72. The van der Waals surface area contributed by atoms with Gasteiger partial charge in [0.1, 0.15) is 0 Å². The topological polar surface area (TPSA) is 36.1 Å². The standard InChI is InChI=1S/C20H22N2O/c1-14-8-9-16(15(2)10-14)12-22(3)13-20(23)18-11-21-19-7-5-4-6-17(18)19/h4-11,21H,12-13H2,1-3H3. The van der Waals surface area contributed by atoms with Crippen molar-refractivity contribution in [3.05, 3.63) is 70.9 Å². The number of benzene rings is 2. The van der Waals surface area contributed by atoms with Gasteiger partial charge in [-0.3, -0.25) is 9.69 Å². The van der Waals surface area contributed by atoms with Crippen LogP contribution in [0.1, 0.15) is 27.0 Å². The molecular formula is C20H22N2O. The molecule has 0 bridgehead atoms. The lowest BCUT2D eigenvalue weighted by Crippen LogP contribution is -2.25. The van der Waals surface area contributed by atoms with E-state index in [4.69, 9.17) is 0 Å². The summed E-state index contributed by atoms with van der Waals surface area (Å²) in [5.41, 5.74) is 5.59. The average Bonchev–Trinajstić information content (AvgIpc) is 2.94. The van der Waals surface area contributed by atoms with E-state index in [-0.39, 0.29) is 5.78 Å². The van der Waals surface area contributed by atoms with Crippen molar-refractivity contribution in [1.82, 2.24) is 9.88 Å². The molecule has 0 radical (unpaired) electrons. The summed E-state index contributed by atoms with van der Waals surface area (Å²) < 4.78 is 0. The summed E-state index contributed by atoms with van der Waals surface area (Å²) in [7, 11) is 1.99. The van der Waals surface area contributed by atoms with Crippen molar-refractivity contribution in [2.24, 2.45) is 0 Å². The fraction of sp³-hybridized carbons (Fsp3) is 0.250. The lowest BCUT2D eigenvalue weighted by atomic mass is 10.0. The Morgan fingerprint density at radius 3 is 2.70 bits per heavy atom. The Kier molecular flexibility index (Phi) is 4.30. The van der Waals surface area contributed by atoms with Gasteiger partial charge < -0.3 is 4.98 Å². The first-order chi connectivity index (χ1) is 11.0. The SMILES string of the molecule is Cc1ccc(CN(C)CC(=O)c2c[nH]c3ccccc23)c(C)c1. The van der Waals surface area contributed by atoms with E-state index in [0.717, 1.165) is 23.0 Å². The maximum atomic E-state index is 12.6. The van der Waals surface area contributed by atoms with E-state index in [0.29, 0.717) is 6.54 Å². The van der Waals surface area contributed by atoms with Crippen molar-refractivity contribution in [2.75, 3.05) is 13.6 Å². The van der Waals surface area contributed by atoms with Gasteiger partial charge in [0.25, 0.3) is 0 Å². The van der Waals surface area contributed by atoms with E-state index in [1.165, 1.54) is 16.7 Å². The Morgan fingerprint density at radius 1 is 1.13 bits per heavy atom. The molecule has 0 saturated heterocycles. The summed E-state index contributed by atoms with van der Waals surface area (Å²) in [4.78, 5) is 17.8. The number of aryl methyl sites for hydroxylation is 2. The van der Waals surface area contributed by atoms with Crippen LogP contribution in [0.5, 0.6) is 0 Å². The number of rotatable bonds is 5. The van der Waals surface area contributed by atoms with Crippen molar-refractivity contribution in [1.29, 1.82) is 0 Å². The molecule has 3 aromatic rings. The number of nitrogens with one attached hydrogen (secondary N) is 1. The number of Topliss-reactive ketones (excluding diaryl/α,β-unsaturated/α-hetero) is 1. The molecule has 0 amide bonds. The van der Waals surface area contributed by atoms with E-state index in [1.807, 2.05) is 37.5 Å². The van der Waals surface area contributed by atoms with E-state index in [9.17, 15) is 4.79 Å². The van der Waals surface area contributed by atoms with E-state index >= 15 is 0 Å².